The fourth-order valence-electron chi connectivity index (χ4n) is 5.96. The highest BCUT2D eigenvalue weighted by atomic mass is 16.5. The van der Waals surface area contributed by atoms with Crippen molar-refractivity contribution in [3.63, 3.8) is 0 Å². The van der Waals surface area contributed by atoms with Crippen LogP contribution in [0.5, 0.6) is 0 Å². The van der Waals surface area contributed by atoms with Gasteiger partial charge in [0, 0.05) is 5.41 Å². The lowest BCUT2D eigenvalue weighted by molar-refractivity contribution is -0.141. The van der Waals surface area contributed by atoms with E-state index in [2.05, 4.69) is 4.90 Å². The van der Waals surface area contributed by atoms with Crippen LogP contribution in [0.2, 0.25) is 0 Å². The number of carbonyl (C=O) groups is 1. The normalized spacial score (nSPS) is 16.1. The average Bonchev–Trinajstić information content (AvgIpc) is 2.97. The molecule has 0 aliphatic carbocycles. The summed E-state index contributed by atoms with van der Waals surface area (Å²) in [5, 5.41) is 22.9. The van der Waals surface area contributed by atoms with Crippen LogP contribution in [0.1, 0.15) is 74.3 Å². The molecule has 5 nitrogen and oxygen atoms in total. The predicted octanol–water partition coefficient (Wildman–Crippen LogP) is 5.99. The molecule has 3 aromatic rings. The smallest absolute Gasteiger partial charge is 0.306 e. The molecule has 0 saturated carbocycles. The van der Waals surface area contributed by atoms with E-state index in [4.69, 9.17) is 4.74 Å². The Morgan fingerprint density at radius 3 is 1.95 bits per heavy atom. The maximum Gasteiger partial charge on any atom is 0.306 e. The molecular weight excluding hydrogens is 486 g/mol. The second-order valence-corrected chi connectivity index (χ2v) is 11.5. The standard InChI is InChI=1S/C34H43NO4/c1-33(2,25-32(37)39-3)27-18-16-26(17-19-27)31(36)15-10-22-35-23-20-30(21-24-35)34(38,28-11-6-4-7-12-28)29-13-8-5-9-14-29/h4-9,11-14,16-19,30-31,36,38H,10,15,20-25H2,1-3H3. The highest BCUT2D eigenvalue weighted by Gasteiger charge is 2.41. The van der Waals surface area contributed by atoms with Crippen LogP contribution in [0.4, 0.5) is 0 Å². The fraction of sp³-hybridized carbons (Fsp3) is 0.441. The summed E-state index contributed by atoms with van der Waals surface area (Å²) >= 11 is 0. The van der Waals surface area contributed by atoms with Gasteiger partial charge in [-0.25, -0.2) is 0 Å². The molecule has 2 N–H and O–H groups in total. The van der Waals surface area contributed by atoms with Crippen molar-refractivity contribution in [3.8, 4) is 0 Å². The number of ether oxygens (including phenoxy) is 1. The SMILES string of the molecule is COC(=O)CC(C)(C)c1ccc(C(O)CCCN2CCC(C(O)(c3ccccc3)c3ccccc3)CC2)cc1. The van der Waals surface area contributed by atoms with Gasteiger partial charge in [0.1, 0.15) is 5.60 Å². The Balaban J connectivity index is 1.29. The first-order valence-corrected chi connectivity index (χ1v) is 14.1. The number of likely N-dealkylation sites (tertiary alicyclic amines) is 1. The molecule has 0 bridgehead atoms. The Morgan fingerprint density at radius 1 is 0.897 bits per heavy atom. The summed E-state index contributed by atoms with van der Waals surface area (Å²) < 4.78 is 4.83. The summed E-state index contributed by atoms with van der Waals surface area (Å²) in [5.74, 6) is -0.0796. The number of aliphatic hydroxyl groups excluding tert-OH is 1. The van der Waals surface area contributed by atoms with Gasteiger partial charge in [0.05, 0.1) is 19.6 Å². The van der Waals surface area contributed by atoms with Crippen LogP contribution in [0.3, 0.4) is 0 Å². The minimum atomic E-state index is -0.998. The maximum absolute atomic E-state index is 12.1. The van der Waals surface area contributed by atoms with E-state index in [1.165, 1.54) is 7.11 Å². The Labute approximate surface area is 233 Å². The quantitative estimate of drug-likeness (QED) is 0.299. The third-order valence-corrected chi connectivity index (χ3v) is 8.45. The van der Waals surface area contributed by atoms with Crippen LogP contribution in [-0.2, 0) is 20.5 Å². The minimum Gasteiger partial charge on any atom is -0.469 e. The molecule has 1 unspecified atom stereocenters. The van der Waals surface area contributed by atoms with Crippen LogP contribution in [0.15, 0.2) is 84.9 Å². The van der Waals surface area contributed by atoms with Gasteiger partial charge in [0.2, 0.25) is 0 Å². The number of carbonyl (C=O) groups excluding carboxylic acids is 1. The Hall–Kier alpha value is -2.99. The second kappa shape index (κ2) is 12.9. The molecule has 39 heavy (non-hydrogen) atoms. The van der Waals surface area contributed by atoms with Crippen molar-refractivity contribution in [2.24, 2.45) is 5.92 Å². The molecule has 1 aliphatic rings. The van der Waals surface area contributed by atoms with Gasteiger partial charge in [0.25, 0.3) is 0 Å². The van der Waals surface area contributed by atoms with Crippen molar-refractivity contribution < 1.29 is 19.7 Å². The van der Waals surface area contributed by atoms with Crippen LogP contribution >= 0.6 is 0 Å². The van der Waals surface area contributed by atoms with Crippen molar-refractivity contribution >= 4 is 5.97 Å². The maximum atomic E-state index is 12.1. The number of aliphatic hydroxyl groups is 2. The third-order valence-electron chi connectivity index (χ3n) is 8.45. The molecule has 1 saturated heterocycles. The van der Waals surface area contributed by atoms with Crippen molar-refractivity contribution in [2.45, 2.75) is 63.1 Å². The molecule has 1 aliphatic heterocycles. The zero-order chi connectivity index (χ0) is 27.9. The van der Waals surface area contributed by atoms with Crippen molar-refractivity contribution in [1.29, 1.82) is 0 Å². The topological polar surface area (TPSA) is 70.0 Å². The van der Waals surface area contributed by atoms with E-state index in [-0.39, 0.29) is 17.3 Å². The van der Waals surface area contributed by atoms with Gasteiger partial charge in [-0.3, -0.25) is 4.79 Å². The first kappa shape index (κ1) is 29.0. The first-order valence-electron chi connectivity index (χ1n) is 14.1. The molecule has 1 atom stereocenters. The monoisotopic (exact) mass is 529 g/mol. The Morgan fingerprint density at radius 2 is 1.44 bits per heavy atom. The molecule has 208 valence electrons. The summed E-state index contributed by atoms with van der Waals surface area (Å²) in [6.45, 7) is 6.86. The number of benzene rings is 3. The lowest BCUT2D eigenvalue weighted by atomic mass is 9.72. The number of hydrogen-bond donors (Lipinski definition) is 2. The van der Waals surface area contributed by atoms with Crippen LogP contribution in [0.25, 0.3) is 0 Å². The Bertz CT molecular complexity index is 1130. The van der Waals surface area contributed by atoms with E-state index < -0.39 is 11.7 Å². The zero-order valence-electron chi connectivity index (χ0n) is 23.6. The summed E-state index contributed by atoms with van der Waals surface area (Å²) in [6, 6.07) is 28.1. The average molecular weight is 530 g/mol. The third kappa shape index (κ3) is 6.96. The molecule has 1 fully saturated rings. The molecule has 3 aromatic carbocycles. The van der Waals surface area contributed by atoms with E-state index in [9.17, 15) is 15.0 Å². The fourth-order valence-corrected chi connectivity index (χ4v) is 5.96. The van der Waals surface area contributed by atoms with Crippen LogP contribution < -0.4 is 0 Å². The van der Waals surface area contributed by atoms with Crippen LogP contribution in [-0.4, -0.2) is 47.8 Å². The molecule has 4 rings (SSSR count). The number of esters is 1. The van der Waals surface area contributed by atoms with E-state index in [1.807, 2.05) is 98.8 Å². The van der Waals surface area contributed by atoms with Gasteiger partial charge in [-0.15, -0.1) is 0 Å². The molecular formula is C34H43NO4. The lowest BCUT2D eigenvalue weighted by Gasteiger charge is -2.42. The molecule has 1 heterocycles. The molecule has 0 amide bonds. The first-order chi connectivity index (χ1) is 18.7. The summed E-state index contributed by atoms with van der Waals surface area (Å²) in [5.41, 5.74) is 2.55. The van der Waals surface area contributed by atoms with Gasteiger partial charge in [-0.1, -0.05) is 98.8 Å². The number of methoxy groups -OCH3 is 1. The van der Waals surface area contributed by atoms with E-state index in [0.29, 0.717) is 12.8 Å². The van der Waals surface area contributed by atoms with Crippen LogP contribution in [0, 0.1) is 5.92 Å². The van der Waals surface area contributed by atoms with Crippen molar-refractivity contribution in [2.75, 3.05) is 26.7 Å². The largest absolute Gasteiger partial charge is 0.469 e. The van der Waals surface area contributed by atoms with E-state index >= 15 is 0 Å². The molecule has 0 radical (unpaired) electrons. The number of nitrogens with zero attached hydrogens (tertiary/aromatic N) is 1. The van der Waals surface area contributed by atoms with E-state index in [1.54, 1.807) is 0 Å². The number of hydrogen-bond acceptors (Lipinski definition) is 5. The number of piperidine rings is 1. The van der Waals surface area contributed by atoms with Gasteiger partial charge in [-0.2, -0.15) is 0 Å². The van der Waals surface area contributed by atoms with Gasteiger partial charge in [0.15, 0.2) is 0 Å². The van der Waals surface area contributed by atoms with Gasteiger partial charge < -0.3 is 19.8 Å². The van der Waals surface area contributed by atoms with Gasteiger partial charge >= 0.3 is 5.97 Å². The second-order valence-electron chi connectivity index (χ2n) is 11.5. The van der Waals surface area contributed by atoms with Gasteiger partial charge in [-0.05, 0) is 73.5 Å². The highest BCUT2D eigenvalue weighted by Crippen LogP contribution is 2.42. The molecule has 0 spiro atoms. The Kier molecular flexibility index (Phi) is 9.60. The molecule has 0 aromatic heterocycles. The summed E-state index contributed by atoms with van der Waals surface area (Å²) in [4.78, 5) is 14.2. The zero-order valence-corrected chi connectivity index (χ0v) is 23.6. The number of rotatable bonds is 11. The van der Waals surface area contributed by atoms with Crippen molar-refractivity contribution in [1.82, 2.24) is 4.90 Å². The minimum absolute atomic E-state index is 0.145. The highest BCUT2D eigenvalue weighted by molar-refractivity contribution is 5.71. The molecule has 5 heteroatoms. The van der Waals surface area contributed by atoms with E-state index in [0.717, 1.165) is 61.2 Å². The van der Waals surface area contributed by atoms with Crippen molar-refractivity contribution in [3.05, 3.63) is 107 Å². The summed E-state index contributed by atoms with van der Waals surface area (Å²) in [7, 11) is 1.41. The lowest BCUT2D eigenvalue weighted by Crippen LogP contribution is -2.44. The summed E-state index contributed by atoms with van der Waals surface area (Å²) in [6.07, 6.45) is 3.25. The predicted molar refractivity (Wildman–Crippen MR) is 155 cm³/mol.